The summed E-state index contributed by atoms with van der Waals surface area (Å²) < 4.78 is 1.47. The van der Waals surface area contributed by atoms with Crippen molar-refractivity contribution in [2.45, 2.75) is 18.9 Å². The van der Waals surface area contributed by atoms with Crippen LogP contribution in [0.3, 0.4) is 0 Å². The molecule has 1 atom stereocenters. The SMILES string of the molecule is CN(C)C(=O)[C@@H]1CCCN1c1nc2sccn2c1[N+](=O)[O-]. The van der Waals surface area contributed by atoms with Crippen LogP contribution in [-0.4, -0.2) is 51.8 Å². The van der Waals surface area contributed by atoms with Gasteiger partial charge in [-0.3, -0.25) is 4.79 Å². The quantitative estimate of drug-likeness (QED) is 0.631. The summed E-state index contributed by atoms with van der Waals surface area (Å²) in [7, 11) is 3.39. The van der Waals surface area contributed by atoms with Gasteiger partial charge in [-0.05, 0) is 17.8 Å². The minimum atomic E-state index is -0.433. The lowest BCUT2D eigenvalue weighted by atomic mass is 10.2. The van der Waals surface area contributed by atoms with E-state index in [1.165, 1.54) is 20.6 Å². The summed E-state index contributed by atoms with van der Waals surface area (Å²) in [6.07, 6.45) is 3.15. The molecule has 2 aromatic rings. The molecule has 0 unspecified atom stereocenters. The second-order valence-electron chi connectivity index (χ2n) is 5.16. The minimum absolute atomic E-state index is 0.0434. The molecule has 0 bridgehead atoms. The molecular formula is C12H15N5O3S. The molecule has 21 heavy (non-hydrogen) atoms. The standard InChI is InChI=1S/C12H15N5O3S/c1-14(2)11(18)8-4-3-5-15(8)9-10(17(19)20)16-6-7-21-12(16)13-9/h6-8H,3-5H2,1-2H3/t8-/m0/s1. The molecular weight excluding hydrogens is 294 g/mol. The Labute approximate surface area is 124 Å². The summed E-state index contributed by atoms with van der Waals surface area (Å²) in [6, 6.07) is -0.372. The van der Waals surface area contributed by atoms with E-state index in [9.17, 15) is 14.9 Å². The van der Waals surface area contributed by atoms with Gasteiger partial charge in [0.15, 0.2) is 0 Å². The van der Waals surface area contributed by atoms with Crippen molar-refractivity contribution in [3.05, 3.63) is 21.7 Å². The number of nitrogens with zero attached hydrogens (tertiary/aromatic N) is 5. The van der Waals surface area contributed by atoms with Gasteiger partial charge in [0.2, 0.25) is 11.7 Å². The number of thiazole rings is 1. The topological polar surface area (TPSA) is 84.0 Å². The predicted molar refractivity (Wildman–Crippen MR) is 78.8 cm³/mol. The number of nitro groups is 1. The van der Waals surface area contributed by atoms with Crippen LogP contribution in [0.5, 0.6) is 0 Å². The summed E-state index contributed by atoms with van der Waals surface area (Å²) >= 11 is 1.34. The Balaban J connectivity index is 2.07. The van der Waals surface area contributed by atoms with Gasteiger partial charge in [-0.25, -0.2) is 0 Å². The molecule has 1 saturated heterocycles. The molecule has 0 spiro atoms. The first-order chi connectivity index (χ1) is 10.0. The van der Waals surface area contributed by atoms with Gasteiger partial charge >= 0.3 is 5.82 Å². The van der Waals surface area contributed by atoms with Crippen LogP contribution >= 0.6 is 11.3 Å². The van der Waals surface area contributed by atoms with E-state index in [1.54, 1.807) is 30.6 Å². The molecule has 1 aliphatic heterocycles. The van der Waals surface area contributed by atoms with Crippen molar-refractivity contribution >= 4 is 33.8 Å². The zero-order valence-corrected chi connectivity index (χ0v) is 12.5. The molecule has 9 heteroatoms. The second kappa shape index (κ2) is 4.99. The van der Waals surface area contributed by atoms with E-state index >= 15 is 0 Å². The first-order valence-corrected chi connectivity index (χ1v) is 7.46. The number of likely N-dealkylation sites (N-methyl/N-ethyl adjacent to an activating group) is 1. The fourth-order valence-corrected chi connectivity index (χ4v) is 3.40. The first kappa shape index (κ1) is 13.8. The molecule has 112 valence electrons. The minimum Gasteiger partial charge on any atom is -0.358 e. The Kier molecular flexibility index (Phi) is 3.28. The van der Waals surface area contributed by atoms with Crippen LogP contribution in [0.25, 0.3) is 4.96 Å². The van der Waals surface area contributed by atoms with Crippen LogP contribution in [0, 0.1) is 10.1 Å². The normalized spacial score (nSPS) is 18.4. The molecule has 1 amide bonds. The second-order valence-corrected chi connectivity index (χ2v) is 6.03. The van der Waals surface area contributed by atoms with Gasteiger partial charge in [-0.15, -0.1) is 0 Å². The van der Waals surface area contributed by atoms with Gasteiger partial charge < -0.3 is 19.9 Å². The smallest absolute Gasteiger partial charge is 0.358 e. The summed E-state index contributed by atoms with van der Waals surface area (Å²) in [4.78, 5) is 31.4. The number of hydrogen-bond donors (Lipinski definition) is 0. The summed E-state index contributed by atoms with van der Waals surface area (Å²) in [5, 5.41) is 13.1. The first-order valence-electron chi connectivity index (χ1n) is 6.58. The van der Waals surface area contributed by atoms with Crippen LogP contribution in [0.2, 0.25) is 0 Å². The maximum atomic E-state index is 12.2. The highest BCUT2D eigenvalue weighted by atomic mass is 32.1. The van der Waals surface area contributed by atoms with E-state index in [0.717, 1.165) is 6.42 Å². The lowest BCUT2D eigenvalue weighted by molar-refractivity contribution is -0.389. The molecule has 1 fully saturated rings. The maximum absolute atomic E-state index is 12.2. The Morgan fingerprint density at radius 1 is 1.57 bits per heavy atom. The molecule has 0 aliphatic carbocycles. The third-order valence-corrected chi connectivity index (χ3v) is 4.40. The number of carbonyl (C=O) groups excluding carboxylic acids is 1. The van der Waals surface area contributed by atoms with Gasteiger partial charge in [0.1, 0.15) is 12.2 Å². The van der Waals surface area contributed by atoms with E-state index in [0.29, 0.717) is 23.7 Å². The highest BCUT2D eigenvalue weighted by molar-refractivity contribution is 7.15. The number of hydrogen-bond acceptors (Lipinski definition) is 6. The van der Waals surface area contributed by atoms with Crippen LogP contribution in [-0.2, 0) is 4.79 Å². The highest BCUT2D eigenvalue weighted by Gasteiger charge is 2.38. The fourth-order valence-electron chi connectivity index (χ4n) is 2.70. The van der Waals surface area contributed by atoms with Crippen molar-refractivity contribution in [2.24, 2.45) is 0 Å². The summed E-state index contributed by atoms with van der Waals surface area (Å²) in [5.41, 5.74) is 0. The molecule has 0 saturated carbocycles. The molecule has 0 radical (unpaired) electrons. The monoisotopic (exact) mass is 309 g/mol. The van der Waals surface area contributed by atoms with Gasteiger partial charge in [-0.2, -0.15) is 9.38 Å². The third kappa shape index (κ3) is 2.13. The number of amides is 1. The largest absolute Gasteiger partial charge is 0.373 e. The number of rotatable bonds is 3. The van der Waals surface area contributed by atoms with Crippen molar-refractivity contribution in [3.8, 4) is 0 Å². The molecule has 3 heterocycles. The average Bonchev–Trinajstić information content (AvgIpc) is 3.10. The Morgan fingerprint density at radius 3 is 3.00 bits per heavy atom. The fraction of sp³-hybridized carbons (Fsp3) is 0.500. The van der Waals surface area contributed by atoms with Crippen molar-refractivity contribution in [3.63, 3.8) is 0 Å². The van der Waals surface area contributed by atoms with Gasteiger partial charge in [0.05, 0.1) is 0 Å². The van der Waals surface area contributed by atoms with E-state index in [1.807, 2.05) is 0 Å². The van der Waals surface area contributed by atoms with E-state index in [2.05, 4.69) is 4.98 Å². The van der Waals surface area contributed by atoms with Crippen molar-refractivity contribution < 1.29 is 9.72 Å². The van der Waals surface area contributed by atoms with Crippen LogP contribution in [0.15, 0.2) is 11.6 Å². The number of carbonyl (C=O) groups is 1. The molecule has 2 aromatic heterocycles. The molecule has 3 rings (SSSR count). The van der Waals surface area contributed by atoms with Gasteiger partial charge in [0, 0.05) is 26.0 Å². The van der Waals surface area contributed by atoms with Crippen LogP contribution in [0.4, 0.5) is 11.6 Å². The average molecular weight is 309 g/mol. The predicted octanol–water partition coefficient (Wildman–Crippen LogP) is 1.36. The number of fused-ring (bicyclic) bond motifs is 1. The zero-order valence-electron chi connectivity index (χ0n) is 11.7. The Hall–Kier alpha value is -2.16. The van der Waals surface area contributed by atoms with Gasteiger partial charge in [0.25, 0.3) is 4.96 Å². The van der Waals surface area contributed by atoms with Crippen LogP contribution < -0.4 is 4.90 Å². The van der Waals surface area contributed by atoms with E-state index in [-0.39, 0.29) is 17.8 Å². The van der Waals surface area contributed by atoms with E-state index in [4.69, 9.17) is 0 Å². The Bertz CT molecular complexity index is 707. The lowest BCUT2D eigenvalue weighted by Gasteiger charge is -2.25. The molecule has 0 N–H and O–H groups in total. The van der Waals surface area contributed by atoms with E-state index < -0.39 is 4.92 Å². The Morgan fingerprint density at radius 2 is 2.33 bits per heavy atom. The van der Waals surface area contributed by atoms with Crippen LogP contribution in [0.1, 0.15) is 12.8 Å². The van der Waals surface area contributed by atoms with Gasteiger partial charge in [-0.1, -0.05) is 11.3 Å². The number of imidazole rings is 1. The maximum Gasteiger partial charge on any atom is 0.373 e. The summed E-state index contributed by atoms with van der Waals surface area (Å²) in [5.74, 6) is 0.187. The molecule has 0 aromatic carbocycles. The highest BCUT2D eigenvalue weighted by Crippen LogP contribution is 2.35. The lowest BCUT2D eigenvalue weighted by Crippen LogP contribution is -2.43. The molecule has 8 nitrogen and oxygen atoms in total. The number of anilines is 1. The summed E-state index contributed by atoms with van der Waals surface area (Å²) in [6.45, 7) is 0.607. The zero-order chi connectivity index (χ0) is 15.1. The van der Waals surface area contributed by atoms with Crippen molar-refractivity contribution in [1.29, 1.82) is 0 Å². The third-order valence-electron chi connectivity index (χ3n) is 3.64. The number of aromatic nitrogens is 2. The van der Waals surface area contributed by atoms with Crippen molar-refractivity contribution in [2.75, 3.05) is 25.5 Å². The van der Waals surface area contributed by atoms with Crippen molar-refractivity contribution in [1.82, 2.24) is 14.3 Å². The molecule has 1 aliphatic rings.